The molecular weight excluding hydrogens is 266 g/mol. The van der Waals surface area contributed by atoms with E-state index in [1.54, 1.807) is 0 Å². The molecule has 1 aromatic rings. The summed E-state index contributed by atoms with van der Waals surface area (Å²) in [6.45, 7) is 5.83. The number of hydrogen-bond acceptors (Lipinski definition) is 5. The Labute approximate surface area is 127 Å². The number of aliphatic hydroxyl groups excluding tert-OH is 1. The lowest BCUT2D eigenvalue weighted by Gasteiger charge is -2.38. The fraction of sp³-hybridized carbons (Fsp3) is 0.688. The second kappa shape index (κ2) is 7.50. The topological polar surface area (TPSA) is 71.6 Å². The highest BCUT2D eigenvalue weighted by atomic mass is 16.5. The SMILES string of the molecule is CC(C)COc1nc(N(CCCO)C2CCC2)ccc1N. The summed E-state index contributed by atoms with van der Waals surface area (Å²) in [6, 6.07) is 4.35. The number of ether oxygens (including phenoxy) is 1. The van der Waals surface area contributed by atoms with E-state index in [2.05, 4.69) is 23.7 Å². The third-order valence-electron chi connectivity index (χ3n) is 3.80. The first kappa shape index (κ1) is 15.9. The molecule has 0 amide bonds. The molecule has 0 aromatic carbocycles. The van der Waals surface area contributed by atoms with Gasteiger partial charge in [0.25, 0.3) is 0 Å². The van der Waals surface area contributed by atoms with Gasteiger partial charge in [-0.2, -0.15) is 4.98 Å². The molecule has 0 bridgehead atoms. The van der Waals surface area contributed by atoms with Gasteiger partial charge in [0.15, 0.2) is 0 Å². The zero-order valence-corrected chi connectivity index (χ0v) is 13.1. The number of nitrogens with two attached hydrogens (primary N) is 1. The van der Waals surface area contributed by atoms with Crippen LogP contribution < -0.4 is 15.4 Å². The van der Waals surface area contributed by atoms with Gasteiger partial charge < -0.3 is 20.5 Å². The summed E-state index contributed by atoms with van der Waals surface area (Å²) in [7, 11) is 0. The Morgan fingerprint density at radius 2 is 2.19 bits per heavy atom. The molecule has 5 nitrogen and oxygen atoms in total. The molecule has 5 heteroatoms. The molecule has 21 heavy (non-hydrogen) atoms. The van der Waals surface area contributed by atoms with Gasteiger partial charge in [-0.3, -0.25) is 0 Å². The highest BCUT2D eigenvalue weighted by Gasteiger charge is 2.26. The number of aliphatic hydroxyl groups is 1. The van der Waals surface area contributed by atoms with Gasteiger partial charge in [-0.15, -0.1) is 0 Å². The Hall–Kier alpha value is -1.49. The van der Waals surface area contributed by atoms with E-state index < -0.39 is 0 Å². The molecule has 0 atom stereocenters. The molecule has 118 valence electrons. The van der Waals surface area contributed by atoms with Crippen molar-refractivity contribution < 1.29 is 9.84 Å². The fourth-order valence-corrected chi connectivity index (χ4v) is 2.39. The van der Waals surface area contributed by atoms with Crippen molar-refractivity contribution in [3.05, 3.63) is 12.1 Å². The number of rotatable bonds is 8. The second-order valence-corrected chi connectivity index (χ2v) is 6.12. The summed E-state index contributed by atoms with van der Waals surface area (Å²) in [4.78, 5) is 6.88. The number of pyridine rings is 1. The van der Waals surface area contributed by atoms with Gasteiger partial charge in [0, 0.05) is 19.2 Å². The van der Waals surface area contributed by atoms with E-state index in [0.717, 1.165) is 18.8 Å². The normalized spacial score (nSPS) is 15.0. The molecule has 0 unspecified atom stereocenters. The van der Waals surface area contributed by atoms with E-state index >= 15 is 0 Å². The maximum atomic E-state index is 9.09. The molecule has 3 N–H and O–H groups in total. The number of anilines is 2. The van der Waals surface area contributed by atoms with Crippen molar-refractivity contribution in [2.24, 2.45) is 5.92 Å². The summed E-state index contributed by atoms with van der Waals surface area (Å²) in [5, 5.41) is 9.09. The lowest BCUT2D eigenvalue weighted by atomic mass is 9.91. The van der Waals surface area contributed by atoms with Gasteiger partial charge in [0.05, 0.1) is 12.3 Å². The molecule has 0 aliphatic heterocycles. The average Bonchev–Trinajstić information content (AvgIpc) is 2.40. The first-order valence-electron chi connectivity index (χ1n) is 7.88. The lowest BCUT2D eigenvalue weighted by molar-refractivity contribution is 0.262. The maximum Gasteiger partial charge on any atom is 0.239 e. The Bertz CT molecular complexity index is 447. The number of aromatic nitrogens is 1. The summed E-state index contributed by atoms with van der Waals surface area (Å²) >= 11 is 0. The predicted molar refractivity (Wildman–Crippen MR) is 85.7 cm³/mol. The molecule has 0 radical (unpaired) electrons. The molecule has 1 fully saturated rings. The van der Waals surface area contributed by atoms with Crippen molar-refractivity contribution in [3.8, 4) is 5.88 Å². The zero-order chi connectivity index (χ0) is 15.2. The van der Waals surface area contributed by atoms with E-state index in [0.29, 0.717) is 30.1 Å². The van der Waals surface area contributed by atoms with E-state index in [1.807, 2.05) is 12.1 Å². The van der Waals surface area contributed by atoms with Crippen molar-refractivity contribution in [1.82, 2.24) is 4.98 Å². The van der Waals surface area contributed by atoms with E-state index in [9.17, 15) is 0 Å². The van der Waals surface area contributed by atoms with E-state index in [4.69, 9.17) is 15.6 Å². The minimum Gasteiger partial charge on any atom is -0.476 e. The number of nitrogen functional groups attached to an aromatic ring is 1. The minimum atomic E-state index is 0.203. The van der Waals surface area contributed by atoms with Crippen LogP contribution in [0.4, 0.5) is 11.5 Å². The standard InChI is InChI=1S/C16H27N3O2/c1-12(2)11-21-16-14(17)7-8-15(18-16)19(9-4-10-20)13-5-3-6-13/h7-8,12-13,20H,3-6,9-11,17H2,1-2H3. The summed E-state index contributed by atoms with van der Waals surface area (Å²) in [5.74, 6) is 1.86. The van der Waals surface area contributed by atoms with Gasteiger partial charge in [0.1, 0.15) is 5.82 Å². The summed E-state index contributed by atoms with van der Waals surface area (Å²) < 4.78 is 5.71. The van der Waals surface area contributed by atoms with Crippen LogP contribution in [0.2, 0.25) is 0 Å². The predicted octanol–water partition coefficient (Wildman–Crippen LogP) is 2.44. The second-order valence-electron chi connectivity index (χ2n) is 6.12. The molecule has 0 saturated heterocycles. The fourth-order valence-electron chi connectivity index (χ4n) is 2.39. The molecule has 1 aromatic heterocycles. The van der Waals surface area contributed by atoms with Crippen LogP contribution in [0.15, 0.2) is 12.1 Å². The first-order valence-corrected chi connectivity index (χ1v) is 7.88. The minimum absolute atomic E-state index is 0.203. The van der Waals surface area contributed by atoms with Crippen molar-refractivity contribution in [2.45, 2.75) is 45.6 Å². The van der Waals surface area contributed by atoms with Crippen molar-refractivity contribution in [1.29, 1.82) is 0 Å². The van der Waals surface area contributed by atoms with Crippen molar-refractivity contribution in [2.75, 3.05) is 30.4 Å². The number of hydrogen-bond donors (Lipinski definition) is 2. The van der Waals surface area contributed by atoms with E-state index in [1.165, 1.54) is 19.3 Å². The molecule has 1 saturated carbocycles. The third kappa shape index (κ3) is 4.24. The Morgan fingerprint density at radius 3 is 2.76 bits per heavy atom. The summed E-state index contributed by atoms with van der Waals surface area (Å²) in [5.41, 5.74) is 6.53. The smallest absolute Gasteiger partial charge is 0.239 e. The zero-order valence-electron chi connectivity index (χ0n) is 13.1. The van der Waals surface area contributed by atoms with Gasteiger partial charge in [-0.25, -0.2) is 0 Å². The van der Waals surface area contributed by atoms with Crippen molar-refractivity contribution in [3.63, 3.8) is 0 Å². The van der Waals surface area contributed by atoms with Crippen LogP contribution in [0.1, 0.15) is 39.5 Å². The van der Waals surface area contributed by atoms with Gasteiger partial charge in [0.2, 0.25) is 5.88 Å². The van der Waals surface area contributed by atoms with Gasteiger partial charge >= 0.3 is 0 Å². The molecular formula is C16H27N3O2. The molecule has 2 rings (SSSR count). The van der Waals surface area contributed by atoms with Gasteiger partial charge in [-0.05, 0) is 43.7 Å². The van der Waals surface area contributed by atoms with Crippen molar-refractivity contribution >= 4 is 11.5 Å². The van der Waals surface area contributed by atoms with Gasteiger partial charge in [-0.1, -0.05) is 13.8 Å². The average molecular weight is 293 g/mol. The lowest BCUT2D eigenvalue weighted by Crippen LogP contribution is -2.41. The molecule has 1 aliphatic rings. The number of nitrogens with zero attached hydrogens (tertiary/aromatic N) is 2. The highest BCUT2D eigenvalue weighted by molar-refractivity contribution is 5.55. The molecule has 1 aliphatic carbocycles. The largest absolute Gasteiger partial charge is 0.476 e. The molecule has 0 spiro atoms. The van der Waals surface area contributed by atoms with Crippen LogP contribution in [0.25, 0.3) is 0 Å². The quantitative estimate of drug-likeness (QED) is 0.770. The maximum absolute atomic E-state index is 9.09. The molecule has 1 heterocycles. The van der Waals surface area contributed by atoms with E-state index in [-0.39, 0.29) is 6.61 Å². The van der Waals surface area contributed by atoms with Crippen LogP contribution in [0.5, 0.6) is 5.88 Å². The van der Waals surface area contributed by atoms with Crippen LogP contribution in [0, 0.1) is 5.92 Å². The Morgan fingerprint density at radius 1 is 1.43 bits per heavy atom. The Kier molecular flexibility index (Phi) is 5.67. The van der Waals surface area contributed by atoms with Crippen LogP contribution in [-0.2, 0) is 0 Å². The summed E-state index contributed by atoms with van der Waals surface area (Å²) in [6.07, 6.45) is 4.41. The van der Waals surface area contributed by atoms with Crippen LogP contribution in [-0.4, -0.2) is 35.9 Å². The van der Waals surface area contributed by atoms with Crippen LogP contribution in [0.3, 0.4) is 0 Å². The Balaban J connectivity index is 2.13. The van der Waals surface area contributed by atoms with Crippen LogP contribution >= 0.6 is 0 Å². The first-order chi connectivity index (χ1) is 10.1. The monoisotopic (exact) mass is 293 g/mol. The third-order valence-corrected chi connectivity index (χ3v) is 3.80. The highest BCUT2D eigenvalue weighted by Crippen LogP contribution is 2.31.